The van der Waals surface area contributed by atoms with Crippen LogP contribution in [0, 0.1) is 11.3 Å². The molecule has 0 spiro atoms. The van der Waals surface area contributed by atoms with Crippen molar-refractivity contribution < 1.29 is 14.4 Å². The third kappa shape index (κ3) is 6.36. The van der Waals surface area contributed by atoms with Gasteiger partial charge in [-0.2, -0.15) is 0 Å². The van der Waals surface area contributed by atoms with Crippen molar-refractivity contribution in [1.82, 2.24) is 10.3 Å². The summed E-state index contributed by atoms with van der Waals surface area (Å²) in [5.74, 6) is -1.03. The van der Waals surface area contributed by atoms with Gasteiger partial charge in [0.25, 0.3) is 0 Å². The lowest BCUT2D eigenvalue weighted by Gasteiger charge is -2.30. The first kappa shape index (κ1) is 19.6. The van der Waals surface area contributed by atoms with Gasteiger partial charge >= 0.3 is 0 Å². The average Bonchev–Trinajstić information content (AvgIpc) is 2.49. The summed E-state index contributed by atoms with van der Waals surface area (Å²) >= 11 is 0. The lowest BCUT2D eigenvalue weighted by molar-refractivity contribution is -0.129. The highest BCUT2D eigenvalue weighted by Crippen LogP contribution is 2.21. The molecule has 3 amide bonds. The maximum Gasteiger partial charge on any atom is 0.248 e. The molecule has 0 aliphatic rings. The van der Waals surface area contributed by atoms with Crippen molar-refractivity contribution >= 4 is 23.5 Å². The van der Waals surface area contributed by atoms with Gasteiger partial charge in [-0.3, -0.25) is 14.4 Å². The number of pyridine rings is 1. The van der Waals surface area contributed by atoms with Crippen LogP contribution in [-0.4, -0.2) is 28.7 Å². The van der Waals surface area contributed by atoms with Gasteiger partial charge in [-0.1, -0.05) is 33.8 Å². The predicted molar refractivity (Wildman–Crippen MR) is 91.8 cm³/mol. The molecule has 0 aliphatic heterocycles. The standard InChI is InChI=1S/C17H26N4O3/c1-11(15(18)23)8-9-13(22)21-14(17(2,3)4)16(24)20-12-7-5-6-10-19-12/h5-7,10-11,14H,8-9H2,1-4H3,(H2,18,23)(H,21,22)(H,19,20,24)/t11-,14+/m0/s1. The van der Waals surface area contributed by atoms with E-state index in [1.807, 2.05) is 20.8 Å². The zero-order valence-corrected chi connectivity index (χ0v) is 14.6. The Morgan fingerprint density at radius 1 is 1.25 bits per heavy atom. The van der Waals surface area contributed by atoms with E-state index < -0.39 is 17.4 Å². The van der Waals surface area contributed by atoms with Gasteiger partial charge in [0, 0.05) is 18.5 Å². The minimum Gasteiger partial charge on any atom is -0.369 e. The van der Waals surface area contributed by atoms with Crippen molar-refractivity contribution in [3.63, 3.8) is 0 Å². The van der Waals surface area contributed by atoms with Crippen molar-refractivity contribution in [2.45, 2.75) is 46.6 Å². The summed E-state index contributed by atoms with van der Waals surface area (Å²) in [7, 11) is 0. The third-order valence-electron chi connectivity index (χ3n) is 3.64. The summed E-state index contributed by atoms with van der Waals surface area (Å²) in [4.78, 5) is 39.7. The molecule has 0 aromatic carbocycles. The van der Waals surface area contributed by atoms with Crippen molar-refractivity contribution in [2.75, 3.05) is 5.32 Å². The van der Waals surface area contributed by atoms with Gasteiger partial charge in [0.2, 0.25) is 17.7 Å². The summed E-state index contributed by atoms with van der Waals surface area (Å²) in [6, 6.07) is 4.46. The highest BCUT2D eigenvalue weighted by molar-refractivity contribution is 5.97. The maximum atomic E-state index is 12.5. The Balaban J connectivity index is 2.70. The van der Waals surface area contributed by atoms with E-state index in [-0.39, 0.29) is 24.2 Å². The van der Waals surface area contributed by atoms with Crippen LogP contribution in [0.4, 0.5) is 5.82 Å². The number of hydrogen-bond acceptors (Lipinski definition) is 4. The van der Waals surface area contributed by atoms with Gasteiger partial charge < -0.3 is 16.4 Å². The zero-order chi connectivity index (χ0) is 18.3. The van der Waals surface area contributed by atoms with Crippen LogP contribution in [0.5, 0.6) is 0 Å². The molecule has 0 saturated carbocycles. The normalized spacial score (nSPS) is 13.7. The average molecular weight is 334 g/mol. The van der Waals surface area contributed by atoms with E-state index in [0.29, 0.717) is 12.2 Å². The highest BCUT2D eigenvalue weighted by Gasteiger charge is 2.33. The minimum absolute atomic E-state index is 0.132. The number of nitrogens with one attached hydrogen (secondary N) is 2. The van der Waals surface area contributed by atoms with E-state index in [2.05, 4.69) is 15.6 Å². The second-order valence-electron chi connectivity index (χ2n) is 6.91. The Morgan fingerprint density at radius 2 is 1.92 bits per heavy atom. The number of aromatic nitrogens is 1. The maximum absolute atomic E-state index is 12.5. The summed E-state index contributed by atoms with van der Waals surface area (Å²) in [5.41, 5.74) is 4.70. The fourth-order valence-electron chi connectivity index (χ4n) is 2.03. The molecule has 0 bridgehead atoms. The van der Waals surface area contributed by atoms with Crippen LogP contribution in [0.1, 0.15) is 40.5 Å². The molecule has 2 atom stereocenters. The summed E-state index contributed by atoms with van der Waals surface area (Å²) < 4.78 is 0. The molecule has 0 radical (unpaired) electrons. The molecule has 1 heterocycles. The molecule has 0 saturated heterocycles. The second kappa shape index (κ2) is 8.42. The predicted octanol–water partition coefficient (Wildman–Crippen LogP) is 1.45. The van der Waals surface area contributed by atoms with Crippen LogP contribution < -0.4 is 16.4 Å². The van der Waals surface area contributed by atoms with Crippen LogP contribution in [0.3, 0.4) is 0 Å². The number of nitrogens with zero attached hydrogens (tertiary/aromatic N) is 1. The van der Waals surface area contributed by atoms with Gasteiger partial charge in [-0.25, -0.2) is 4.98 Å². The Labute approximate surface area is 142 Å². The molecule has 7 nitrogen and oxygen atoms in total. The van der Waals surface area contributed by atoms with Gasteiger partial charge in [0.05, 0.1) is 0 Å². The molecule has 0 fully saturated rings. The first-order chi connectivity index (χ1) is 11.1. The van der Waals surface area contributed by atoms with E-state index in [9.17, 15) is 14.4 Å². The fourth-order valence-corrected chi connectivity index (χ4v) is 2.03. The van der Waals surface area contributed by atoms with Crippen molar-refractivity contribution in [3.8, 4) is 0 Å². The van der Waals surface area contributed by atoms with E-state index in [1.54, 1.807) is 31.3 Å². The van der Waals surface area contributed by atoms with Crippen LogP contribution in [-0.2, 0) is 14.4 Å². The highest BCUT2D eigenvalue weighted by atomic mass is 16.2. The molecule has 0 unspecified atom stereocenters. The topological polar surface area (TPSA) is 114 Å². The fraction of sp³-hybridized carbons (Fsp3) is 0.529. The van der Waals surface area contributed by atoms with Crippen LogP contribution in [0.25, 0.3) is 0 Å². The molecule has 4 N–H and O–H groups in total. The number of nitrogens with two attached hydrogens (primary N) is 1. The molecule has 24 heavy (non-hydrogen) atoms. The molecule has 7 heteroatoms. The Bertz CT molecular complexity index is 581. The largest absolute Gasteiger partial charge is 0.369 e. The molecular formula is C17H26N4O3. The molecule has 1 aromatic heterocycles. The SMILES string of the molecule is C[C@@H](CCC(=O)N[C@H](C(=O)Nc1ccccn1)C(C)(C)C)C(N)=O. The van der Waals surface area contributed by atoms with Crippen molar-refractivity contribution in [1.29, 1.82) is 0 Å². The van der Waals surface area contributed by atoms with Gasteiger partial charge in [-0.15, -0.1) is 0 Å². The number of carbonyl (C=O) groups is 3. The van der Waals surface area contributed by atoms with Crippen molar-refractivity contribution in [3.05, 3.63) is 24.4 Å². The molecule has 132 valence electrons. The quantitative estimate of drug-likeness (QED) is 0.700. The number of anilines is 1. The number of amides is 3. The monoisotopic (exact) mass is 334 g/mol. The lowest BCUT2D eigenvalue weighted by Crippen LogP contribution is -2.51. The van der Waals surface area contributed by atoms with Crippen molar-refractivity contribution in [2.24, 2.45) is 17.1 Å². The summed E-state index contributed by atoms with van der Waals surface area (Å²) in [6.45, 7) is 7.26. The molecule has 1 rings (SSSR count). The zero-order valence-electron chi connectivity index (χ0n) is 14.6. The number of hydrogen-bond donors (Lipinski definition) is 3. The molecule has 1 aromatic rings. The van der Waals surface area contributed by atoms with E-state index in [4.69, 9.17) is 5.73 Å². The van der Waals surface area contributed by atoms with E-state index >= 15 is 0 Å². The Kier molecular flexibility index (Phi) is 6.88. The number of carbonyl (C=O) groups excluding carboxylic acids is 3. The number of rotatable bonds is 7. The van der Waals surface area contributed by atoms with Gasteiger partial charge in [-0.05, 0) is 24.0 Å². The third-order valence-corrected chi connectivity index (χ3v) is 3.64. The summed E-state index contributed by atoms with van der Waals surface area (Å²) in [6.07, 6.45) is 2.05. The second-order valence-corrected chi connectivity index (χ2v) is 6.91. The first-order valence-corrected chi connectivity index (χ1v) is 7.92. The Hall–Kier alpha value is -2.44. The molecular weight excluding hydrogens is 308 g/mol. The van der Waals surface area contributed by atoms with Gasteiger partial charge in [0.15, 0.2) is 0 Å². The van der Waals surface area contributed by atoms with Crippen LogP contribution >= 0.6 is 0 Å². The van der Waals surface area contributed by atoms with E-state index in [1.165, 1.54) is 0 Å². The molecule has 0 aliphatic carbocycles. The summed E-state index contributed by atoms with van der Waals surface area (Å²) in [5, 5.41) is 5.44. The Morgan fingerprint density at radius 3 is 2.42 bits per heavy atom. The van der Waals surface area contributed by atoms with Gasteiger partial charge in [0.1, 0.15) is 11.9 Å². The number of primary amides is 1. The lowest BCUT2D eigenvalue weighted by atomic mass is 9.86. The van der Waals surface area contributed by atoms with Crippen LogP contribution in [0.2, 0.25) is 0 Å². The first-order valence-electron chi connectivity index (χ1n) is 7.92. The van der Waals surface area contributed by atoms with Crippen LogP contribution in [0.15, 0.2) is 24.4 Å². The smallest absolute Gasteiger partial charge is 0.248 e. The van der Waals surface area contributed by atoms with E-state index in [0.717, 1.165) is 0 Å². The minimum atomic E-state index is -0.726.